The predicted octanol–water partition coefficient (Wildman–Crippen LogP) is 4.17. The van der Waals surface area contributed by atoms with Gasteiger partial charge < -0.3 is 0 Å². The molecule has 0 heterocycles. The Morgan fingerprint density at radius 2 is 2.00 bits per heavy atom. The Hall–Kier alpha value is -0.340. The van der Waals surface area contributed by atoms with Crippen LogP contribution in [0.4, 0.5) is 0 Å². The fourth-order valence-electron chi connectivity index (χ4n) is 3.21. The highest BCUT2D eigenvalue weighted by molar-refractivity contribution is 5.12. The molecule has 0 saturated heterocycles. The first-order valence-corrected chi connectivity index (χ1v) is 7.57. The largest absolute Gasteiger partial charge is 0.271 e. The maximum absolute atomic E-state index is 5.78. The molecule has 0 saturated carbocycles. The average Bonchev–Trinajstić information content (AvgIpc) is 2.51. The van der Waals surface area contributed by atoms with E-state index < -0.39 is 0 Å². The molecule has 2 heteroatoms. The Morgan fingerprint density at radius 1 is 1.28 bits per heavy atom. The lowest BCUT2D eigenvalue weighted by Crippen LogP contribution is -2.38. The van der Waals surface area contributed by atoms with Crippen LogP contribution in [-0.2, 0) is 0 Å². The van der Waals surface area contributed by atoms with Gasteiger partial charge in [0.1, 0.15) is 0 Å². The van der Waals surface area contributed by atoms with E-state index in [4.69, 9.17) is 5.84 Å². The molecule has 0 fully saturated rings. The van der Waals surface area contributed by atoms with Gasteiger partial charge in [-0.05, 0) is 49.9 Å². The van der Waals surface area contributed by atoms with E-state index in [1.165, 1.54) is 44.9 Å². The Balaban J connectivity index is 2.52. The van der Waals surface area contributed by atoms with Crippen LogP contribution in [0.3, 0.4) is 0 Å². The molecule has 0 aliphatic heterocycles. The van der Waals surface area contributed by atoms with E-state index in [1.54, 1.807) is 5.57 Å². The van der Waals surface area contributed by atoms with Crippen molar-refractivity contribution < 1.29 is 0 Å². The summed E-state index contributed by atoms with van der Waals surface area (Å²) < 4.78 is 0. The van der Waals surface area contributed by atoms with Crippen LogP contribution in [-0.4, -0.2) is 6.04 Å². The number of hydrazine groups is 1. The highest BCUT2D eigenvalue weighted by atomic mass is 15.2. The van der Waals surface area contributed by atoms with E-state index in [1.807, 2.05) is 0 Å². The Morgan fingerprint density at radius 3 is 2.61 bits per heavy atom. The average molecular weight is 252 g/mol. The van der Waals surface area contributed by atoms with Crippen LogP contribution in [0.15, 0.2) is 11.6 Å². The molecule has 106 valence electrons. The Labute approximate surface area is 113 Å². The van der Waals surface area contributed by atoms with Gasteiger partial charge in [0.05, 0.1) is 0 Å². The van der Waals surface area contributed by atoms with Gasteiger partial charge in [-0.2, -0.15) is 0 Å². The summed E-state index contributed by atoms with van der Waals surface area (Å²) in [7, 11) is 0. The van der Waals surface area contributed by atoms with Gasteiger partial charge in [-0.15, -0.1) is 0 Å². The number of nitrogens with one attached hydrogen (secondary N) is 1. The van der Waals surface area contributed by atoms with Crippen molar-refractivity contribution in [1.82, 2.24) is 5.43 Å². The molecule has 0 aromatic rings. The summed E-state index contributed by atoms with van der Waals surface area (Å²) in [5, 5.41) is 0. The van der Waals surface area contributed by atoms with Crippen LogP contribution < -0.4 is 11.3 Å². The topological polar surface area (TPSA) is 38.0 Å². The van der Waals surface area contributed by atoms with Gasteiger partial charge in [-0.1, -0.05) is 45.8 Å². The third-order valence-electron chi connectivity index (χ3n) is 3.82. The molecule has 1 aliphatic carbocycles. The third-order valence-corrected chi connectivity index (χ3v) is 3.82. The minimum atomic E-state index is 0.389. The van der Waals surface area contributed by atoms with Crippen LogP contribution in [0.1, 0.15) is 72.6 Å². The molecule has 0 aromatic carbocycles. The SMILES string of the molecule is CC(CC(NN)C1=CCCCCC1)CC(C)(C)C. The molecule has 1 aliphatic rings. The summed E-state index contributed by atoms with van der Waals surface area (Å²) in [6, 6.07) is 0.389. The Bertz CT molecular complexity index is 263. The van der Waals surface area contributed by atoms with Crippen LogP contribution in [0.2, 0.25) is 0 Å². The molecule has 2 atom stereocenters. The molecule has 2 nitrogen and oxygen atoms in total. The third kappa shape index (κ3) is 6.01. The van der Waals surface area contributed by atoms with Crippen LogP contribution in [0.5, 0.6) is 0 Å². The quantitative estimate of drug-likeness (QED) is 0.438. The van der Waals surface area contributed by atoms with Gasteiger partial charge in [0, 0.05) is 6.04 Å². The highest BCUT2D eigenvalue weighted by Gasteiger charge is 2.21. The molecule has 0 amide bonds. The normalized spacial score (nSPS) is 21.1. The molecule has 18 heavy (non-hydrogen) atoms. The molecule has 2 unspecified atom stereocenters. The zero-order valence-corrected chi connectivity index (χ0v) is 12.8. The highest BCUT2D eigenvalue weighted by Crippen LogP contribution is 2.29. The lowest BCUT2D eigenvalue weighted by Gasteiger charge is -2.27. The molecule has 0 spiro atoms. The van der Waals surface area contributed by atoms with Crippen molar-refractivity contribution in [1.29, 1.82) is 0 Å². The molecule has 0 radical (unpaired) electrons. The smallest absolute Gasteiger partial charge is 0.0422 e. The zero-order valence-electron chi connectivity index (χ0n) is 12.8. The van der Waals surface area contributed by atoms with Gasteiger partial charge in [-0.25, -0.2) is 0 Å². The van der Waals surface area contributed by atoms with Gasteiger partial charge in [0.2, 0.25) is 0 Å². The van der Waals surface area contributed by atoms with Crippen molar-refractivity contribution >= 4 is 0 Å². The first-order chi connectivity index (χ1) is 8.42. The summed E-state index contributed by atoms with van der Waals surface area (Å²) in [4.78, 5) is 0. The second-order valence-corrected chi connectivity index (χ2v) is 7.20. The fraction of sp³-hybridized carbons (Fsp3) is 0.875. The lowest BCUT2D eigenvalue weighted by molar-refractivity contribution is 0.281. The molecule has 0 bridgehead atoms. The number of hydrogen-bond acceptors (Lipinski definition) is 2. The standard InChI is InChI=1S/C16H32N2/c1-13(12-16(2,3)4)11-15(18-17)14-9-7-5-6-8-10-14/h9,13,15,18H,5-8,10-12,17H2,1-4H3. The van der Waals surface area contributed by atoms with E-state index >= 15 is 0 Å². The van der Waals surface area contributed by atoms with E-state index in [-0.39, 0.29) is 0 Å². The molecule has 0 aromatic heterocycles. The van der Waals surface area contributed by atoms with Gasteiger partial charge in [-0.3, -0.25) is 11.3 Å². The summed E-state index contributed by atoms with van der Waals surface area (Å²) in [6.07, 6.45) is 11.4. The molecular formula is C16H32N2. The fourth-order valence-corrected chi connectivity index (χ4v) is 3.21. The second-order valence-electron chi connectivity index (χ2n) is 7.20. The number of rotatable bonds is 5. The monoisotopic (exact) mass is 252 g/mol. The van der Waals surface area contributed by atoms with E-state index in [2.05, 4.69) is 39.2 Å². The molecule has 1 rings (SSSR count). The van der Waals surface area contributed by atoms with Crippen molar-refractivity contribution in [3.63, 3.8) is 0 Å². The van der Waals surface area contributed by atoms with Crippen molar-refractivity contribution in [2.75, 3.05) is 0 Å². The molecular weight excluding hydrogens is 220 g/mol. The zero-order chi connectivity index (χ0) is 13.6. The van der Waals surface area contributed by atoms with Crippen LogP contribution in [0, 0.1) is 11.3 Å². The number of nitrogens with two attached hydrogens (primary N) is 1. The van der Waals surface area contributed by atoms with Crippen LogP contribution >= 0.6 is 0 Å². The van der Waals surface area contributed by atoms with Gasteiger partial charge in [0.15, 0.2) is 0 Å². The summed E-state index contributed by atoms with van der Waals surface area (Å²) >= 11 is 0. The number of hydrogen-bond donors (Lipinski definition) is 2. The molecule has 3 N–H and O–H groups in total. The van der Waals surface area contributed by atoms with Crippen molar-refractivity contribution in [3.8, 4) is 0 Å². The van der Waals surface area contributed by atoms with Crippen LogP contribution in [0.25, 0.3) is 0 Å². The van der Waals surface area contributed by atoms with Crippen molar-refractivity contribution in [3.05, 3.63) is 11.6 Å². The lowest BCUT2D eigenvalue weighted by atomic mass is 9.81. The number of allylic oxidation sites excluding steroid dienone is 1. The minimum absolute atomic E-state index is 0.389. The second kappa shape index (κ2) is 7.30. The van der Waals surface area contributed by atoms with E-state index in [0.29, 0.717) is 11.5 Å². The summed E-state index contributed by atoms with van der Waals surface area (Å²) in [5.74, 6) is 6.49. The van der Waals surface area contributed by atoms with E-state index in [9.17, 15) is 0 Å². The maximum atomic E-state index is 5.78. The minimum Gasteiger partial charge on any atom is -0.271 e. The van der Waals surface area contributed by atoms with E-state index in [0.717, 1.165) is 5.92 Å². The predicted molar refractivity (Wildman–Crippen MR) is 80.1 cm³/mol. The first-order valence-electron chi connectivity index (χ1n) is 7.57. The Kier molecular flexibility index (Phi) is 6.37. The van der Waals surface area contributed by atoms with Crippen molar-refractivity contribution in [2.24, 2.45) is 17.2 Å². The maximum Gasteiger partial charge on any atom is 0.0422 e. The summed E-state index contributed by atoms with van der Waals surface area (Å²) in [6.45, 7) is 9.31. The van der Waals surface area contributed by atoms with Gasteiger partial charge >= 0.3 is 0 Å². The summed E-state index contributed by atoms with van der Waals surface area (Å²) in [5.41, 5.74) is 5.01. The van der Waals surface area contributed by atoms with Gasteiger partial charge in [0.25, 0.3) is 0 Å². The first kappa shape index (κ1) is 15.7. The van der Waals surface area contributed by atoms with Crippen molar-refractivity contribution in [2.45, 2.75) is 78.7 Å².